The van der Waals surface area contributed by atoms with E-state index in [1.54, 1.807) is 13.8 Å². The van der Waals surface area contributed by atoms with Crippen LogP contribution in [0.3, 0.4) is 0 Å². The molecule has 3 N–H and O–H groups in total. The monoisotopic (exact) mass is 459 g/mol. The zero-order valence-corrected chi connectivity index (χ0v) is 18.2. The molecule has 1 aromatic carbocycles. The van der Waals surface area contributed by atoms with E-state index < -0.39 is 41.4 Å². The van der Waals surface area contributed by atoms with Crippen molar-refractivity contribution in [2.75, 3.05) is 11.1 Å². The lowest BCUT2D eigenvalue weighted by atomic mass is 9.55. The fraction of sp³-hybridized carbons (Fsp3) is 0.364. The molecule has 1 atom stereocenters. The van der Waals surface area contributed by atoms with Crippen molar-refractivity contribution in [2.24, 2.45) is 16.1 Å². The van der Waals surface area contributed by atoms with E-state index in [9.17, 15) is 18.0 Å². The molecule has 1 aliphatic carbocycles. The van der Waals surface area contributed by atoms with Crippen molar-refractivity contribution in [2.45, 2.75) is 38.2 Å². The SMILES string of the molecule is Cc1cc(C#N)cnc1C(=O)Nc1ccc(F)c([C@@]2(C)N=C(N)SCC23CC(F)(F)C3)c1. The summed E-state index contributed by atoms with van der Waals surface area (Å²) in [5.41, 5.74) is 4.96. The van der Waals surface area contributed by atoms with Crippen LogP contribution in [0.25, 0.3) is 0 Å². The van der Waals surface area contributed by atoms with Crippen LogP contribution in [0.4, 0.5) is 18.9 Å². The molecule has 1 fully saturated rings. The minimum atomic E-state index is -2.83. The second-order valence-electron chi connectivity index (χ2n) is 8.45. The van der Waals surface area contributed by atoms with Crippen molar-refractivity contribution in [1.82, 2.24) is 4.98 Å². The summed E-state index contributed by atoms with van der Waals surface area (Å²) in [4.78, 5) is 21.2. The summed E-state index contributed by atoms with van der Waals surface area (Å²) in [6, 6.07) is 7.46. The third-order valence-corrected chi connectivity index (χ3v) is 7.31. The van der Waals surface area contributed by atoms with E-state index in [4.69, 9.17) is 11.0 Å². The number of hydrogen-bond acceptors (Lipinski definition) is 6. The maximum absolute atomic E-state index is 15.0. The van der Waals surface area contributed by atoms with Crippen LogP contribution in [0.5, 0.6) is 0 Å². The molecule has 32 heavy (non-hydrogen) atoms. The normalized spacial score (nSPS) is 23.1. The average molecular weight is 459 g/mol. The number of anilines is 1. The summed E-state index contributed by atoms with van der Waals surface area (Å²) in [6.45, 7) is 3.27. The molecule has 4 rings (SSSR count). The Morgan fingerprint density at radius 3 is 2.66 bits per heavy atom. The molecule has 1 spiro atoms. The van der Waals surface area contributed by atoms with Gasteiger partial charge in [-0.05, 0) is 43.7 Å². The number of amides is 1. The van der Waals surface area contributed by atoms with Crippen LogP contribution in [0, 0.1) is 29.5 Å². The van der Waals surface area contributed by atoms with E-state index in [0.717, 1.165) is 0 Å². The highest BCUT2D eigenvalue weighted by molar-refractivity contribution is 8.13. The minimum absolute atomic E-state index is 0.0959. The van der Waals surface area contributed by atoms with Crippen molar-refractivity contribution >= 4 is 28.5 Å². The number of carbonyl (C=O) groups excluding carboxylic acids is 1. The standard InChI is InChI=1S/C22H20F3N5OS/c1-12-5-13(7-26)8-28-17(12)18(31)29-14-3-4-16(23)15(6-14)20(2)21(9-22(24,25)10-21)11-32-19(27)30-20/h3-6,8H,9-11H2,1-2H3,(H2,27,30)(H,29,31)/t20-/m1/s1. The molecule has 0 unspecified atom stereocenters. The summed E-state index contributed by atoms with van der Waals surface area (Å²) >= 11 is 1.19. The molecule has 1 amide bonds. The number of amidine groups is 1. The third-order valence-electron chi connectivity index (χ3n) is 6.23. The Morgan fingerprint density at radius 2 is 2.03 bits per heavy atom. The number of nitriles is 1. The van der Waals surface area contributed by atoms with E-state index in [1.807, 2.05) is 6.07 Å². The smallest absolute Gasteiger partial charge is 0.274 e. The summed E-state index contributed by atoms with van der Waals surface area (Å²) in [5, 5.41) is 11.8. The highest BCUT2D eigenvalue weighted by atomic mass is 32.2. The molecule has 2 aliphatic rings. The summed E-state index contributed by atoms with van der Waals surface area (Å²) in [7, 11) is 0. The molecule has 0 bridgehead atoms. The minimum Gasteiger partial charge on any atom is -0.379 e. The van der Waals surface area contributed by atoms with Crippen LogP contribution in [0.15, 0.2) is 35.5 Å². The number of alkyl halides is 2. The fourth-order valence-corrected chi connectivity index (χ4v) is 5.65. The number of rotatable bonds is 3. The molecular weight excluding hydrogens is 439 g/mol. The molecule has 2 aromatic rings. The number of pyridine rings is 1. The Labute approximate surface area is 187 Å². The fourth-order valence-electron chi connectivity index (χ4n) is 4.49. The van der Waals surface area contributed by atoms with Crippen LogP contribution < -0.4 is 11.1 Å². The maximum atomic E-state index is 15.0. The number of aromatic nitrogens is 1. The van der Waals surface area contributed by atoms with Crippen LogP contribution in [-0.4, -0.2) is 27.7 Å². The van der Waals surface area contributed by atoms with Gasteiger partial charge >= 0.3 is 0 Å². The highest BCUT2D eigenvalue weighted by Crippen LogP contribution is 2.65. The number of aryl methyl sites for hydroxylation is 1. The Kier molecular flexibility index (Phi) is 5.20. The molecule has 6 nitrogen and oxygen atoms in total. The first-order valence-electron chi connectivity index (χ1n) is 9.83. The zero-order chi connectivity index (χ0) is 23.3. The lowest BCUT2D eigenvalue weighted by molar-refractivity contribution is -0.178. The number of hydrogen-bond donors (Lipinski definition) is 2. The van der Waals surface area contributed by atoms with Gasteiger partial charge in [0.15, 0.2) is 5.17 Å². The van der Waals surface area contributed by atoms with Gasteiger partial charge in [0, 0.05) is 41.5 Å². The van der Waals surface area contributed by atoms with Crippen LogP contribution in [-0.2, 0) is 5.54 Å². The molecule has 0 radical (unpaired) electrons. The van der Waals surface area contributed by atoms with Crippen molar-refractivity contribution in [1.29, 1.82) is 5.26 Å². The summed E-state index contributed by atoms with van der Waals surface area (Å²) < 4.78 is 42.7. The zero-order valence-electron chi connectivity index (χ0n) is 17.4. The number of nitrogens with zero attached hydrogens (tertiary/aromatic N) is 3. The average Bonchev–Trinajstić information content (AvgIpc) is 2.70. The van der Waals surface area contributed by atoms with Gasteiger partial charge in [-0.25, -0.2) is 18.2 Å². The maximum Gasteiger partial charge on any atom is 0.274 e. The summed E-state index contributed by atoms with van der Waals surface area (Å²) in [6.07, 6.45) is 0.464. The van der Waals surface area contributed by atoms with Gasteiger partial charge in [-0.3, -0.25) is 9.79 Å². The summed E-state index contributed by atoms with van der Waals surface area (Å²) in [5.74, 6) is -3.68. The van der Waals surface area contributed by atoms with Gasteiger partial charge < -0.3 is 11.1 Å². The Balaban J connectivity index is 1.69. The predicted octanol–water partition coefficient (Wildman–Crippen LogP) is 4.35. The molecular formula is C22H20F3N5OS. The number of nitrogens with two attached hydrogens (primary N) is 1. The lowest BCUT2D eigenvalue weighted by Crippen LogP contribution is -2.60. The quantitative estimate of drug-likeness (QED) is 0.710. The van der Waals surface area contributed by atoms with E-state index in [-0.39, 0.29) is 22.1 Å². The van der Waals surface area contributed by atoms with Crippen LogP contribution >= 0.6 is 11.8 Å². The van der Waals surface area contributed by atoms with Crippen molar-refractivity contribution in [3.05, 3.63) is 58.7 Å². The van der Waals surface area contributed by atoms with Gasteiger partial charge in [-0.1, -0.05) is 11.8 Å². The Bertz CT molecular complexity index is 1180. The largest absolute Gasteiger partial charge is 0.379 e. The number of thioether (sulfide) groups is 1. The topological polar surface area (TPSA) is 104 Å². The number of halogens is 3. The third kappa shape index (κ3) is 3.60. The van der Waals surface area contributed by atoms with E-state index in [1.165, 1.54) is 42.2 Å². The van der Waals surface area contributed by atoms with Gasteiger partial charge in [0.05, 0.1) is 11.1 Å². The number of aliphatic imine (C=N–C) groups is 1. The van der Waals surface area contributed by atoms with Crippen molar-refractivity contribution in [3.8, 4) is 6.07 Å². The van der Waals surface area contributed by atoms with Gasteiger partial charge in [0.1, 0.15) is 17.6 Å². The van der Waals surface area contributed by atoms with Crippen LogP contribution in [0.2, 0.25) is 0 Å². The first kappa shape index (κ1) is 22.1. The Morgan fingerprint density at radius 1 is 1.31 bits per heavy atom. The molecule has 0 saturated heterocycles. The van der Waals surface area contributed by atoms with E-state index >= 15 is 0 Å². The predicted molar refractivity (Wildman–Crippen MR) is 116 cm³/mol. The van der Waals surface area contributed by atoms with Crippen molar-refractivity contribution < 1.29 is 18.0 Å². The first-order valence-corrected chi connectivity index (χ1v) is 10.8. The molecule has 1 aromatic heterocycles. The van der Waals surface area contributed by atoms with E-state index in [2.05, 4.69) is 15.3 Å². The molecule has 1 aliphatic heterocycles. The van der Waals surface area contributed by atoms with Gasteiger partial charge in [-0.2, -0.15) is 5.26 Å². The second kappa shape index (κ2) is 7.52. The first-order chi connectivity index (χ1) is 15.0. The Hall–Kier alpha value is -3.06. The van der Waals surface area contributed by atoms with E-state index in [0.29, 0.717) is 16.9 Å². The van der Waals surface area contributed by atoms with Gasteiger partial charge in [0.2, 0.25) is 5.92 Å². The molecule has 1 saturated carbocycles. The molecule has 2 heterocycles. The van der Waals surface area contributed by atoms with Crippen LogP contribution in [0.1, 0.15) is 46.9 Å². The van der Waals surface area contributed by atoms with Gasteiger partial charge in [0.25, 0.3) is 5.91 Å². The molecule has 10 heteroatoms. The number of benzene rings is 1. The molecule has 166 valence electrons. The van der Waals surface area contributed by atoms with Crippen molar-refractivity contribution in [3.63, 3.8) is 0 Å². The van der Waals surface area contributed by atoms with Gasteiger partial charge in [-0.15, -0.1) is 0 Å². The number of carbonyl (C=O) groups is 1. The second-order valence-corrected chi connectivity index (χ2v) is 9.45. The number of nitrogens with one attached hydrogen (secondary N) is 1. The lowest BCUT2D eigenvalue weighted by Gasteiger charge is -2.57. The highest BCUT2D eigenvalue weighted by Gasteiger charge is 2.66.